The van der Waals surface area contributed by atoms with Gasteiger partial charge in [-0.2, -0.15) is 0 Å². The van der Waals surface area contributed by atoms with E-state index in [9.17, 15) is 9.35 Å². The van der Waals surface area contributed by atoms with Crippen molar-refractivity contribution in [2.24, 2.45) is 0 Å². The lowest BCUT2D eigenvalue weighted by Crippen LogP contribution is -2.46. The smallest absolute Gasteiger partial charge is 0.247 e. The standard InChI is InChI=1S/C26H26N6O3S/c1-3-24(33)29-19-5-4-6-20(15-19)35-26-22-16-23(30-25(22)27-17-28-26)18-7-9-21(10-8-18)36(34)32-13-11-31(2)12-14-32/h3-10,15-17H,1,11-14H2,2H3,(H,29,33)(H,27,28,30). The molecule has 2 N–H and O–H groups in total. The number of amides is 1. The van der Waals surface area contributed by atoms with Crippen LogP contribution in [0.25, 0.3) is 22.3 Å². The van der Waals surface area contributed by atoms with Crippen LogP contribution in [0.5, 0.6) is 11.6 Å². The first-order valence-electron chi connectivity index (χ1n) is 11.5. The zero-order valence-corrected chi connectivity index (χ0v) is 20.6. The molecule has 0 aliphatic carbocycles. The molecule has 5 rings (SSSR count). The van der Waals surface area contributed by atoms with Crippen LogP contribution in [-0.2, 0) is 16.2 Å². The number of benzene rings is 2. The highest BCUT2D eigenvalue weighted by atomic mass is 32.2. The van der Waals surface area contributed by atoms with Crippen LogP contribution in [0.15, 0.2) is 78.5 Å². The first-order chi connectivity index (χ1) is 17.5. The minimum absolute atomic E-state index is 0.301. The molecule has 1 amide bonds. The summed E-state index contributed by atoms with van der Waals surface area (Å²) in [6, 6.07) is 16.7. The first-order valence-corrected chi connectivity index (χ1v) is 12.6. The molecule has 36 heavy (non-hydrogen) atoms. The highest BCUT2D eigenvalue weighted by Crippen LogP contribution is 2.32. The maximum atomic E-state index is 13.0. The Hall–Kier alpha value is -3.70. The number of aromatic nitrogens is 3. The van der Waals surface area contributed by atoms with Crippen molar-refractivity contribution in [2.45, 2.75) is 4.90 Å². The van der Waals surface area contributed by atoms with Gasteiger partial charge in [-0.05, 0) is 61.2 Å². The Morgan fingerprint density at radius 1 is 1.14 bits per heavy atom. The van der Waals surface area contributed by atoms with Crippen LogP contribution >= 0.6 is 0 Å². The molecule has 2 aromatic carbocycles. The minimum atomic E-state index is -1.17. The Kier molecular flexibility index (Phi) is 7.01. The molecule has 4 aromatic rings. The summed E-state index contributed by atoms with van der Waals surface area (Å²) < 4.78 is 21.0. The molecule has 1 fully saturated rings. The normalized spacial score (nSPS) is 15.5. The number of nitrogens with one attached hydrogen (secondary N) is 2. The summed E-state index contributed by atoms with van der Waals surface area (Å²) >= 11 is -1.17. The van der Waals surface area contributed by atoms with Crippen molar-refractivity contribution in [2.75, 3.05) is 38.5 Å². The van der Waals surface area contributed by atoms with E-state index in [-0.39, 0.29) is 5.91 Å². The van der Waals surface area contributed by atoms with Crippen molar-refractivity contribution in [1.82, 2.24) is 24.2 Å². The molecule has 2 aromatic heterocycles. The van der Waals surface area contributed by atoms with Gasteiger partial charge in [0.25, 0.3) is 0 Å². The summed E-state index contributed by atoms with van der Waals surface area (Å²) in [6.45, 7) is 6.87. The van der Waals surface area contributed by atoms with Gasteiger partial charge in [0.2, 0.25) is 11.8 Å². The molecule has 10 heteroatoms. The monoisotopic (exact) mass is 502 g/mol. The molecular formula is C26H26N6O3S. The Morgan fingerprint density at radius 3 is 2.67 bits per heavy atom. The summed E-state index contributed by atoms with van der Waals surface area (Å²) in [6.07, 6.45) is 2.64. The van der Waals surface area contributed by atoms with E-state index in [0.29, 0.717) is 23.0 Å². The third-order valence-corrected chi connectivity index (χ3v) is 7.46. The van der Waals surface area contributed by atoms with Crippen molar-refractivity contribution >= 4 is 34.0 Å². The van der Waals surface area contributed by atoms with Gasteiger partial charge in [0, 0.05) is 30.5 Å². The second-order valence-electron chi connectivity index (χ2n) is 8.45. The third-order valence-electron chi connectivity index (χ3n) is 5.95. The Morgan fingerprint density at radius 2 is 1.92 bits per heavy atom. The number of H-pyrrole nitrogens is 1. The Labute approximate surface area is 212 Å². The number of hydrogen-bond acceptors (Lipinski definition) is 7. The molecule has 1 aliphatic heterocycles. The first kappa shape index (κ1) is 24.0. The topological polar surface area (TPSA) is 109 Å². The van der Waals surface area contributed by atoms with Gasteiger partial charge in [-0.25, -0.2) is 9.97 Å². The minimum Gasteiger partial charge on any atom is -0.593 e. The fourth-order valence-electron chi connectivity index (χ4n) is 3.95. The van der Waals surface area contributed by atoms with Crippen LogP contribution in [0.4, 0.5) is 5.69 Å². The molecule has 0 saturated carbocycles. The van der Waals surface area contributed by atoms with Gasteiger partial charge in [-0.1, -0.05) is 12.6 Å². The summed E-state index contributed by atoms with van der Waals surface area (Å²) in [4.78, 5) is 26.6. The second-order valence-corrected chi connectivity index (χ2v) is 9.94. The van der Waals surface area contributed by atoms with Crippen molar-refractivity contribution in [1.29, 1.82) is 0 Å². The number of ether oxygens (including phenoxy) is 1. The van der Waals surface area contributed by atoms with Gasteiger partial charge in [0.15, 0.2) is 4.90 Å². The van der Waals surface area contributed by atoms with Crippen LogP contribution < -0.4 is 10.1 Å². The number of nitrogens with zero attached hydrogens (tertiary/aromatic N) is 4. The van der Waals surface area contributed by atoms with Gasteiger partial charge in [-0.15, -0.1) is 4.31 Å². The summed E-state index contributed by atoms with van der Waals surface area (Å²) in [5.41, 5.74) is 3.01. The zero-order chi connectivity index (χ0) is 25.1. The number of hydrogen-bond donors (Lipinski definition) is 2. The van der Waals surface area contributed by atoms with Crippen LogP contribution in [-0.4, -0.2) is 67.8 Å². The number of fused-ring (bicyclic) bond motifs is 1. The average molecular weight is 503 g/mol. The zero-order valence-electron chi connectivity index (χ0n) is 19.8. The number of anilines is 1. The van der Waals surface area contributed by atoms with Crippen molar-refractivity contribution < 1.29 is 14.1 Å². The number of piperazine rings is 1. The Bertz CT molecular complexity index is 1380. The Balaban J connectivity index is 1.35. The highest BCUT2D eigenvalue weighted by Gasteiger charge is 2.26. The second kappa shape index (κ2) is 10.5. The largest absolute Gasteiger partial charge is 0.593 e. The van der Waals surface area contributed by atoms with Gasteiger partial charge in [0.05, 0.1) is 29.8 Å². The number of rotatable bonds is 7. The van der Waals surface area contributed by atoms with E-state index in [1.54, 1.807) is 24.3 Å². The molecule has 0 spiro atoms. The molecule has 3 heterocycles. The van der Waals surface area contributed by atoms with E-state index >= 15 is 0 Å². The molecule has 9 nitrogen and oxygen atoms in total. The molecule has 0 radical (unpaired) electrons. The van der Waals surface area contributed by atoms with Gasteiger partial charge in [0.1, 0.15) is 17.7 Å². The van der Waals surface area contributed by atoms with E-state index in [0.717, 1.165) is 47.7 Å². The molecule has 1 unspecified atom stereocenters. The lowest BCUT2D eigenvalue weighted by Gasteiger charge is -2.31. The summed E-state index contributed by atoms with van der Waals surface area (Å²) in [5, 5.41) is 3.43. The number of carbonyl (C=O) groups is 1. The van der Waals surface area contributed by atoms with Crippen LogP contribution in [0, 0.1) is 0 Å². The van der Waals surface area contributed by atoms with Crippen molar-refractivity contribution in [3.63, 3.8) is 0 Å². The highest BCUT2D eigenvalue weighted by molar-refractivity contribution is 7.89. The molecule has 184 valence electrons. The molecule has 1 atom stereocenters. The fraction of sp³-hybridized carbons (Fsp3) is 0.192. The van der Waals surface area contributed by atoms with Crippen molar-refractivity contribution in [3.05, 3.63) is 73.6 Å². The summed E-state index contributed by atoms with van der Waals surface area (Å²) in [5.74, 6) is 0.614. The molecule has 1 saturated heterocycles. The number of aromatic amines is 1. The molecule has 1 aliphatic rings. The lowest BCUT2D eigenvalue weighted by atomic mass is 10.1. The maximum Gasteiger partial charge on any atom is 0.247 e. The number of likely N-dealkylation sites (N-methyl/N-ethyl adjacent to an activating group) is 1. The maximum absolute atomic E-state index is 13.0. The number of carbonyl (C=O) groups excluding carboxylic acids is 1. The van der Waals surface area contributed by atoms with Crippen molar-refractivity contribution in [3.8, 4) is 22.9 Å². The van der Waals surface area contributed by atoms with Gasteiger partial charge >= 0.3 is 0 Å². The molecule has 0 bridgehead atoms. The lowest BCUT2D eigenvalue weighted by molar-refractivity contribution is -0.111. The quantitative estimate of drug-likeness (QED) is 0.292. The van der Waals surface area contributed by atoms with Crippen LogP contribution in [0.3, 0.4) is 0 Å². The summed E-state index contributed by atoms with van der Waals surface area (Å²) in [7, 11) is 2.08. The fourth-order valence-corrected chi connectivity index (χ4v) is 5.11. The van der Waals surface area contributed by atoms with Gasteiger partial charge < -0.3 is 24.5 Å². The van der Waals surface area contributed by atoms with E-state index < -0.39 is 11.4 Å². The third kappa shape index (κ3) is 5.26. The SMILES string of the molecule is C=CC(=O)Nc1cccc(Oc2ncnc3[nH]c(-c4ccc([S+]([O-])N5CCN(C)CC5)cc4)cc23)c1. The van der Waals surface area contributed by atoms with Crippen LogP contribution in [0.1, 0.15) is 0 Å². The molecular weight excluding hydrogens is 476 g/mol. The van der Waals surface area contributed by atoms with E-state index in [1.807, 2.05) is 34.6 Å². The van der Waals surface area contributed by atoms with E-state index in [1.165, 1.54) is 12.4 Å². The predicted octanol–water partition coefficient (Wildman–Crippen LogP) is 3.81. The van der Waals surface area contributed by atoms with E-state index in [4.69, 9.17) is 4.74 Å². The average Bonchev–Trinajstić information content (AvgIpc) is 3.34. The van der Waals surface area contributed by atoms with Crippen LogP contribution in [0.2, 0.25) is 0 Å². The predicted molar refractivity (Wildman–Crippen MR) is 140 cm³/mol. The van der Waals surface area contributed by atoms with E-state index in [2.05, 4.69) is 38.8 Å². The van der Waals surface area contributed by atoms with Gasteiger partial charge in [-0.3, -0.25) is 4.79 Å².